The van der Waals surface area contributed by atoms with Crippen LogP contribution in [0, 0.1) is 13.8 Å². The Hall–Kier alpha value is -3.31. The molecule has 0 radical (unpaired) electrons. The number of rotatable bonds is 8. The van der Waals surface area contributed by atoms with E-state index in [4.69, 9.17) is 21.1 Å². The van der Waals surface area contributed by atoms with Gasteiger partial charge in [0.1, 0.15) is 0 Å². The van der Waals surface area contributed by atoms with Gasteiger partial charge >= 0.3 is 0 Å². The number of anilines is 1. The molecule has 1 N–H and O–H groups in total. The molecule has 0 aliphatic heterocycles. The zero-order chi connectivity index (χ0) is 22.2. The molecule has 0 aromatic heterocycles. The molecule has 0 saturated carbocycles. The molecule has 6 heteroatoms. The van der Waals surface area contributed by atoms with E-state index in [1.54, 1.807) is 12.3 Å². The molecule has 31 heavy (non-hydrogen) atoms. The Morgan fingerprint density at radius 2 is 1.87 bits per heavy atom. The number of hydrogen-bond donors (Lipinski definition) is 1. The van der Waals surface area contributed by atoms with Crippen molar-refractivity contribution in [3.63, 3.8) is 0 Å². The van der Waals surface area contributed by atoms with Gasteiger partial charge in [-0.05, 0) is 79.9 Å². The Morgan fingerprint density at radius 1 is 1.03 bits per heavy atom. The maximum Gasteiger partial charge on any atom is 0.262 e. The highest BCUT2D eigenvalue weighted by Gasteiger charge is 2.10. The van der Waals surface area contributed by atoms with Gasteiger partial charge < -0.3 is 14.8 Å². The summed E-state index contributed by atoms with van der Waals surface area (Å²) in [5.74, 6) is 0.810. The van der Waals surface area contributed by atoms with Gasteiger partial charge in [-0.3, -0.25) is 9.79 Å². The third kappa shape index (κ3) is 6.59. The number of amides is 1. The first-order valence-electron chi connectivity index (χ1n) is 10.0. The number of ether oxygens (including phenoxy) is 2. The van der Waals surface area contributed by atoms with Crippen molar-refractivity contribution in [2.75, 3.05) is 18.5 Å². The summed E-state index contributed by atoms with van der Waals surface area (Å²) in [6, 6.07) is 18.7. The van der Waals surface area contributed by atoms with Crippen molar-refractivity contribution in [2.24, 2.45) is 4.99 Å². The monoisotopic (exact) mass is 436 g/mol. The molecule has 0 unspecified atom stereocenters. The normalized spacial score (nSPS) is 10.8. The predicted molar refractivity (Wildman–Crippen MR) is 126 cm³/mol. The fraction of sp³-hybridized carbons (Fsp3) is 0.200. The summed E-state index contributed by atoms with van der Waals surface area (Å²) in [6.45, 7) is 6.19. The second kappa shape index (κ2) is 10.6. The lowest BCUT2D eigenvalue weighted by Crippen LogP contribution is -2.20. The Balaban J connectivity index is 1.69. The van der Waals surface area contributed by atoms with Crippen LogP contribution < -0.4 is 14.8 Å². The standard InChI is InChI=1S/C25H25ClN2O3/c1-4-30-24-13-19(15-27-22-14-20(26)10-8-18(22)3)9-11-23(24)31-16-25(29)28-21-7-5-6-17(2)12-21/h5-15H,4,16H2,1-3H3,(H,28,29). The van der Waals surface area contributed by atoms with Gasteiger partial charge in [-0.1, -0.05) is 29.8 Å². The molecular formula is C25H25ClN2O3. The van der Waals surface area contributed by atoms with Gasteiger partial charge in [0.05, 0.1) is 12.3 Å². The van der Waals surface area contributed by atoms with Gasteiger partial charge in [0.2, 0.25) is 0 Å². The Labute approximate surface area is 187 Å². The molecule has 0 aliphatic carbocycles. The highest BCUT2D eigenvalue weighted by atomic mass is 35.5. The number of aryl methyl sites for hydroxylation is 2. The van der Waals surface area contributed by atoms with Crippen molar-refractivity contribution < 1.29 is 14.3 Å². The molecular weight excluding hydrogens is 412 g/mol. The number of nitrogens with zero attached hydrogens (tertiary/aromatic N) is 1. The molecule has 0 heterocycles. The van der Waals surface area contributed by atoms with Crippen molar-refractivity contribution in [1.29, 1.82) is 0 Å². The van der Waals surface area contributed by atoms with E-state index < -0.39 is 0 Å². The summed E-state index contributed by atoms with van der Waals surface area (Å²) >= 11 is 6.06. The maximum absolute atomic E-state index is 12.2. The lowest BCUT2D eigenvalue weighted by atomic mass is 10.2. The minimum atomic E-state index is -0.241. The van der Waals surface area contributed by atoms with Crippen LogP contribution in [0.3, 0.4) is 0 Å². The van der Waals surface area contributed by atoms with Crippen molar-refractivity contribution in [2.45, 2.75) is 20.8 Å². The molecule has 3 aromatic carbocycles. The number of benzene rings is 3. The molecule has 160 valence electrons. The van der Waals surface area contributed by atoms with E-state index in [0.717, 1.165) is 28.1 Å². The number of carbonyl (C=O) groups is 1. The number of nitrogens with one attached hydrogen (secondary N) is 1. The molecule has 0 aliphatic rings. The van der Waals surface area contributed by atoms with Crippen LogP contribution in [0.2, 0.25) is 5.02 Å². The molecule has 0 spiro atoms. The van der Waals surface area contributed by atoms with Crippen LogP contribution >= 0.6 is 11.6 Å². The minimum Gasteiger partial charge on any atom is -0.490 e. The average Bonchev–Trinajstić information content (AvgIpc) is 2.74. The van der Waals surface area contributed by atoms with E-state index >= 15 is 0 Å². The molecule has 0 fully saturated rings. The number of hydrogen-bond acceptors (Lipinski definition) is 4. The fourth-order valence-electron chi connectivity index (χ4n) is 2.92. The average molecular weight is 437 g/mol. The highest BCUT2D eigenvalue weighted by molar-refractivity contribution is 6.30. The summed E-state index contributed by atoms with van der Waals surface area (Å²) in [5.41, 5.74) is 4.49. The van der Waals surface area contributed by atoms with Gasteiger partial charge in [-0.2, -0.15) is 0 Å². The van der Waals surface area contributed by atoms with Crippen molar-refractivity contribution in [3.8, 4) is 11.5 Å². The van der Waals surface area contributed by atoms with E-state index in [-0.39, 0.29) is 12.5 Å². The quantitative estimate of drug-likeness (QED) is 0.432. The summed E-state index contributed by atoms with van der Waals surface area (Å²) in [4.78, 5) is 16.8. The summed E-state index contributed by atoms with van der Waals surface area (Å²) in [6.07, 6.45) is 1.75. The molecule has 1 amide bonds. The van der Waals surface area contributed by atoms with Gasteiger partial charge in [0.25, 0.3) is 5.91 Å². The molecule has 0 saturated heterocycles. The van der Waals surface area contributed by atoms with Crippen LogP contribution in [0.1, 0.15) is 23.6 Å². The van der Waals surface area contributed by atoms with Crippen LogP contribution in [0.15, 0.2) is 65.7 Å². The number of carbonyl (C=O) groups excluding carboxylic acids is 1. The van der Waals surface area contributed by atoms with E-state index in [2.05, 4.69) is 10.3 Å². The summed E-state index contributed by atoms with van der Waals surface area (Å²) in [5, 5.41) is 3.47. The van der Waals surface area contributed by atoms with Crippen LogP contribution in [0.5, 0.6) is 11.5 Å². The van der Waals surface area contributed by atoms with E-state index in [0.29, 0.717) is 23.1 Å². The first-order chi connectivity index (χ1) is 14.9. The minimum absolute atomic E-state index is 0.122. The third-order valence-electron chi connectivity index (χ3n) is 4.45. The van der Waals surface area contributed by atoms with Crippen molar-refractivity contribution >= 4 is 35.1 Å². The van der Waals surface area contributed by atoms with Gasteiger partial charge in [-0.15, -0.1) is 0 Å². The Bertz CT molecular complexity index is 1100. The second-order valence-electron chi connectivity index (χ2n) is 7.03. The van der Waals surface area contributed by atoms with E-state index in [1.165, 1.54) is 0 Å². The fourth-order valence-corrected chi connectivity index (χ4v) is 3.09. The maximum atomic E-state index is 12.2. The molecule has 0 atom stereocenters. The van der Waals surface area contributed by atoms with Crippen LogP contribution in [0.4, 0.5) is 11.4 Å². The molecule has 3 aromatic rings. The first-order valence-corrected chi connectivity index (χ1v) is 10.4. The largest absolute Gasteiger partial charge is 0.490 e. The van der Waals surface area contributed by atoms with E-state index in [1.807, 2.05) is 75.4 Å². The van der Waals surface area contributed by atoms with Crippen molar-refractivity contribution in [3.05, 3.63) is 82.4 Å². The first kappa shape index (κ1) is 22.4. The lowest BCUT2D eigenvalue weighted by molar-refractivity contribution is -0.118. The summed E-state index contributed by atoms with van der Waals surface area (Å²) < 4.78 is 11.4. The second-order valence-corrected chi connectivity index (χ2v) is 7.47. The Kier molecular flexibility index (Phi) is 7.68. The molecule has 3 rings (SSSR count). The van der Waals surface area contributed by atoms with Crippen LogP contribution in [-0.4, -0.2) is 25.3 Å². The van der Waals surface area contributed by atoms with E-state index in [9.17, 15) is 4.79 Å². The third-order valence-corrected chi connectivity index (χ3v) is 4.69. The Morgan fingerprint density at radius 3 is 2.65 bits per heavy atom. The highest BCUT2D eigenvalue weighted by Crippen LogP contribution is 2.29. The molecule has 0 bridgehead atoms. The molecule has 5 nitrogen and oxygen atoms in total. The number of aliphatic imine (C=N–C) groups is 1. The zero-order valence-corrected chi connectivity index (χ0v) is 18.6. The van der Waals surface area contributed by atoms with Gasteiger partial charge in [-0.25, -0.2) is 0 Å². The zero-order valence-electron chi connectivity index (χ0n) is 17.8. The van der Waals surface area contributed by atoms with Crippen LogP contribution in [0.25, 0.3) is 0 Å². The summed E-state index contributed by atoms with van der Waals surface area (Å²) in [7, 11) is 0. The topological polar surface area (TPSA) is 59.9 Å². The van der Waals surface area contributed by atoms with Crippen molar-refractivity contribution in [1.82, 2.24) is 0 Å². The van der Waals surface area contributed by atoms with Gasteiger partial charge in [0.15, 0.2) is 18.1 Å². The predicted octanol–water partition coefficient (Wildman–Crippen LogP) is 6.12. The smallest absolute Gasteiger partial charge is 0.262 e. The SMILES string of the molecule is CCOc1cc(C=Nc2cc(Cl)ccc2C)ccc1OCC(=O)Nc1cccc(C)c1. The number of halogens is 1. The van der Waals surface area contributed by atoms with Crippen LogP contribution in [-0.2, 0) is 4.79 Å². The van der Waals surface area contributed by atoms with Gasteiger partial charge in [0, 0.05) is 16.9 Å². The lowest BCUT2D eigenvalue weighted by Gasteiger charge is -2.13.